The Hall–Kier alpha value is -3.93. The number of fused-ring (bicyclic) bond motifs is 2. The molecule has 1 aromatic heterocycles. The summed E-state index contributed by atoms with van der Waals surface area (Å²) >= 11 is 0. The molecule has 0 aliphatic carbocycles. The van der Waals surface area contributed by atoms with Crippen LogP contribution in [-0.2, 0) is 11.3 Å². The molecule has 0 atom stereocenters. The zero-order valence-corrected chi connectivity index (χ0v) is 16.0. The first-order valence-electron chi connectivity index (χ1n) is 9.61. The Morgan fingerprint density at radius 1 is 1.03 bits per heavy atom. The smallest absolute Gasteiger partial charge is 0.232 e. The first-order valence-corrected chi connectivity index (χ1v) is 9.61. The van der Waals surface area contributed by atoms with E-state index in [2.05, 4.69) is 10.3 Å². The monoisotopic (exact) mass is 399 g/mol. The molecule has 1 amide bonds. The molecule has 0 unspecified atom stereocenters. The highest BCUT2D eigenvalue weighted by Gasteiger charge is 2.32. The minimum Gasteiger partial charge on any atom is -0.457 e. The molecule has 5 rings (SSSR count). The van der Waals surface area contributed by atoms with Gasteiger partial charge in [0.2, 0.25) is 5.91 Å². The van der Waals surface area contributed by atoms with Gasteiger partial charge in [-0.25, -0.2) is 9.37 Å². The van der Waals surface area contributed by atoms with Crippen LogP contribution >= 0.6 is 0 Å². The molecular formula is C24H18FN3O2. The van der Waals surface area contributed by atoms with Crippen molar-refractivity contribution >= 4 is 5.91 Å². The molecule has 5 nitrogen and oxygen atoms in total. The summed E-state index contributed by atoms with van der Waals surface area (Å²) in [4.78, 5) is 17.1. The number of benzene rings is 3. The Kier molecular flexibility index (Phi) is 4.52. The molecule has 2 heterocycles. The number of amides is 1. The van der Waals surface area contributed by atoms with Crippen molar-refractivity contribution in [1.82, 2.24) is 14.9 Å². The normalized spacial score (nSPS) is 12.6. The molecule has 0 bridgehead atoms. The number of carbonyl (C=O) groups is 1. The number of nitrogens with one attached hydrogen (secondary N) is 1. The van der Waals surface area contributed by atoms with E-state index >= 15 is 0 Å². The van der Waals surface area contributed by atoms with Gasteiger partial charge in [0.05, 0.1) is 17.9 Å². The Morgan fingerprint density at radius 2 is 1.73 bits per heavy atom. The number of ether oxygens (including phenoxy) is 1. The van der Waals surface area contributed by atoms with Crippen molar-refractivity contribution in [3.8, 4) is 17.2 Å². The topological polar surface area (TPSA) is 56.2 Å². The fraction of sp³-hybridized carbons (Fsp3) is 0.0833. The third kappa shape index (κ3) is 3.22. The summed E-state index contributed by atoms with van der Waals surface area (Å²) in [5.41, 5.74) is 2.72. The number of hydrogen-bond donors (Lipinski definition) is 1. The number of rotatable bonds is 4. The van der Waals surface area contributed by atoms with E-state index in [0.29, 0.717) is 22.7 Å². The minimum absolute atomic E-state index is 0.155. The van der Waals surface area contributed by atoms with E-state index in [9.17, 15) is 9.18 Å². The average molecular weight is 399 g/mol. The average Bonchev–Trinajstić information content (AvgIpc) is 3.30. The Balaban J connectivity index is 1.38. The molecule has 0 fully saturated rings. The van der Waals surface area contributed by atoms with Crippen molar-refractivity contribution in [2.45, 2.75) is 12.5 Å². The molecule has 148 valence electrons. The number of para-hydroxylation sites is 2. The van der Waals surface area contributed by atoms with Crippen molar-refractivity contribution in [3.05, 3.63) is 108 Å². The molecule has 0 saturated heterocycles. The third-order valence-electron chi connectivity index (χ3n) is 5.20. The van der Waals surface area contributed by atoms with Crippen molar-refractivity contribution in [2.75, 3.05) is 0 Å². The van der Waals surface area contributed by atoms with E-state index in [1.807, 2.05) is 48.5 Å². The van der Waals surface area contributed by atoms with Crippen LogP contribution in [0.5, 0.6) is 11.5 Å². The molecule has 6 heteroatoms. The van der Waals surface area contributed by atoms with Crippen LogP contribution in [0, 0.1) is 5.82 Å². The van der Waals surface area contributed by atoms with Gasteiger partial charge in [0, 0.05) is 30.1 Å². The standard InChI is InChI=1S/C24H18FN3O2/c25-19-13-16(9-10-20(19)28-12-11-26-15-28)14-27-24(29)23-17-5-1-3-7-21(17)30-22-8-4-2-6-18(22)23/h1-13,15,23H,14H2,(H,27,29). The van der Waals surface area contributed by atoms with Crippen LogP contribution in [-0.4, -0.2) is 15.5 Å². The molecule has 1 aliphatic heterocycles. The molecule has 1 N–H and O–H groups in total. The van der Waals surface area contributed by atoms with Crippen molar-refractivity contribution in [3.63, 3.8) is 0 Å². The number of nitrogens with zero attached hydrogens (tertiary/aromatic N) is 2. The Labute approximate surface area is 172 Å². The lowest BCUT2D eigenvalue weighted by atomic mass is 9.87. The molecular weight excluding hydrogens is 381 g/mol. The highest BCUT2D eigenvalue weighted by Crippen LogP contribution is 2.43. The third-order valence-corrected chi connectivity index (χ3v) is 5.20. The molecule has 0 spiro atoms. The second kappa shape index (κ2) is 7.48. The quantitative estimate of drug-likeness (QED) is 0.547. The summed E-state index contributed by atoms with van der Waals surface area (Å²) in [6.45, 7) is 0.224. The summed E-state index contributed by atoms with van der Waals surface area (Å²) < 4.78 is 22.1. The summed E-state index contributed by atoms with van der Waals surface area (Å²) in [7, 11) is 0. The predicted molar refractivity (Wildman–Crippen MR) is 110 cm³/mol. The van der Waals surface area contributed by atoms with Crippen LogP contribution < -0.4 is 10.1 Å². The first-order chi connectivity index (χ1) is 14.7. The largest absolute Gasteiger partial charge is 0.457 e. The number of carbonyl (C=O) groups excluding carboxylic acids is 1. The maximum absolute atomic E-state index is 14.5. The van der Waals surface area contributed by atoms with Gasteiger partial charge >= 0.3 is 0 Å². The van der Waals surface area contributed by atoms with Gasteiger partial charge in [-0.15, -0.1) is 0 Å². The van der Waals surface area contributed by atoms with Crippen LogP contribution in [0.2, 0.25) is 0 Å². The highest BCUT2D eigenvalue weighted by molar-refractivity contribution is 5.89. The van der Waals surface area contributed by atoms with E-state index in [0.717, 1.165) is 11.1 Å². The highest BCUT2D eigenvalue weighted by atomic mass is 19.1. The van der Waals surface area contributed by atoms with Crippen LogP contribution in [0.15, 0.2) is 85.5 Å². The molecule has 30 heavy (non-hydrogen) atoms. The number of halogens is 1. The zero-order valence-electron chi connectivity index (χ0n) is 16.0. The summed E-state index contributed by atoms with van der Waals surface area (Å²) in [5.74, 6) is 0.333. The maximum Gasteiger partial charge on any atom is 0.232 e. The summed E-state index contributed by atoms with van der Waals surface area (Å²) in [5, 5.41) is 2.95. The van der Waals surface area contributed by atoms with Gasteiger partial charge in [-0.2, -0.15) is 0 Å². The second-order valence-electron chi connectivity index (χ2n) is 7.08. The molecule has 3 aromatic carbocycles. The van der Waals surface area contributed by atoms with Crippen LogP contribution in [0.1, 0.15) is 22.6 Å². The summed E-state index contributed by atoms with van der Waals surface area (Å²) in [6.07, 6.45) is 4.82. The van der Waals surface area contributed by atoms with E-state index < -0.39 is 5.92 Å². The van der Waals surface area contributed by atoms with Gasteiger partial charge in [-0.1, -0.05) is 42.5 Å². The van der Waals surface area contributed by atoms with Gasteiger partial charge < -0.3 is 14.6 Å². The molecule has 4 aromatic rings. The van der Waals surface area contributed by atoms with E-state index in [-0.39, 0.29) is 18.3 Å². The lowest BCUT2D eigenvalue weighted by molar-refractivity contribution is -0.122. The van der Waals surface area contributed by atoms with Crippen molar-refractivity contribution < 1.29 is 13.9 Å². The van der Waals surface area contributed by atoms with Gasteiger partial charge in [-0.3, -0.25) is 4.79 Å². The Morgan fingerprint density at radius 3 is 2.37 bits per heavy atom. The van der Waals surface area contributed by atoms with Crippen molar-refractivity contribution in [2.24, 2.45) is 0 Å². The first kappa shape index (κ1) is 18.1. The van der Waals surface area contributed by atoms with Crippen LogP contribution in [0.25, 0.3) is 5.69 Å². The van der Waals surface area contributed by atoms with Crippen molar-refractivity contribution in [1.29, 1.82) is 0 Å². The zero-order chi connectivity index (χ0) is 20.5. The molecule has 0 radical (unpaired) electrons. The summed E-state index contributed by atoms with van der Waals surface area (Å²) in [6, 6.07) is 20.0. The van der Waals surface area contributed by atoms with Gasteiger partial charge in [-0.05, 0) is 29.8 Å². The van der Waals surface area contributed by atoms with Crippen LogP contribution in [0.4, 0.5) is 4.39 Å². The van der Waals surface area contributed by atoms with Gasteiger partial charge in [0.15, 0.2) is 0 Å². The Bertz CT molecular complexity index is 1180. The fourth-order valence-corrected chi connectivity index (χ4v) is 3.76. The minimum atomic E-state index is -0.485. The lowest BCUT2D eigenvalue weighted by Gasteiger charge is -2.27. The van der Waals surface area contributed by atoms with E-state index in [1.165, 1.54) is 6.07 Å². The van der Waals surface area contributed by atoms with E-state index in [1.54, 1.807) is 35.4 Å². The number of aromatic nitrogens is 2. The molecule has 0 saturated carbocycles. The number of imidazole rings is 1. The number of hydrogen-bond acceptors (Lipinski definition) is 3. The van der Waals surface area contributed by atoms with E-state index in [4.69, 9.17) is 4.74 Å². The maximum atomic E-state index is 14.5. The predicted octanol–water partition coefficient (Wildman–Crippen LogP) is 4.57. The second-order valence-corrected chi connectivity index (χ2v) is 7.08. The SMILES string of the molecule is O=C(NCc1ccc(-n2ccnc2)c(F)c1)C1c2ccccc2Oc2ccccc21. The van der Waals surface area contributed by atoms with Gasteiger partial charge in [0.25, 0.3) is 0 Å². The van der Waals surface area contributed by atoms with Gasteiger partial charge in [0.1, 0.15) is 17.3 Å². The fourth-order valence-electron chi connectivity index (χ4n) is 3.76. The molecule has 1 aliphatic rings. The lowest BCUT2D eigenvalue weighted by Crippen LogP contribution is -2.31. The van der Waals surface area contributed by atoms with Crippen LogP contribution in [0.3, 0.4) is 0 Å².